The maximum atomic E-state index is 5.09. The second-order valence-corrected chi connectivity index (χ2v) is 4.04. The van der Waals surface area contributed by atoms with Gasteiger partial charge in [-0.05, 0) is 59.7 Å². The van der Waals surface area contributed by atoms with Gasteiger partial charge in [0.25, 0.3) is 0 Å². The highest BCUT2D eigenvalue weighted by atomic mass is 16.5. The van der Waals surface area contributed by atoms with Gasteiger partial charge in [0, 0.05) is 0 Å². The summed E-state index contributed by atoms with van der Waals surface area (Å²) in [6, 6.07) is 15.2. The highest BCUT2D eigenvalue weighted by molar-refractivity contribution is 5.82. The molecular formula is C16H16N2O2. The van der Waals surface area contributed by atoms with Gasteiger partial charge in [0.2, 0.25) is 0 Å². The number of nitrogens with zero attached hydrogens (tertiary/aromatic N) is 2. The Bertz CT molecular complexity index is 531. The lowest BCUT2D eigenvalue weighted by Crippen LogP contribution is -1.85. The number of hydrogen-bond acceptors (Lipinski definition) is 4. The lowest BCUT2D eigenvalue weighted by molar-refractivity contribution is 0.414. The molecular weight excluding hydrogens is 252 g/mol. The van der Waals surface area contributed by atoms with Crippen LogP contribution in [-0.4, -0.2) is 26.6 Å². The van der Waals surface area contributed by atoms with E-state index in [1.165, 1.54) is 0 Å². The maximum absolute atomic E-state index is 5.09. The number of methoxy groups -OCH3 is 2. The molecule has 0 bridgehead atoms. The van der Waals surface area contributed by atoms with Crippen molar-refractivity contribution in [2.24, 2.45) is 10.2 Å². The minimum atomic E-state index is 0.823. The molecule has 2 aromatic carbocycles. The summed E-state index contributed by atoms with van der Waals surface area (Å²) in [4.78, 5) is 0. The van der Waals surface area contributed by atoms with E-state index >= 15 is 0 Å². The molecule has 0 amide bonds. The molecule has 4 nitrogen and oxygen atoms in total. The van der Waals surface area contributed by atoms with Crippen LogP contribution in [0.5, 0.6) is 11.5 Å². The predicted molar refractivity (Wildman–Crippen MR) is 81.2 cm³/mol. The topological polar surface area (TPSA) is 43.2 Å². The zero-order chi connectivity index (χ0) is 14.2. The van der Waals surface area contributed by atoms with E-state index in [4.69, 9.17) is 9.47 Å². The van der Waals surface area contributed by atoms with Crippen molar-refractivity contribution < 1.29 is 9.47 Å². The first-order valence-corrected chi connectivity index (χ1v) is 6.16. The summed E-state index contributed by atoms with van der Waals surface area (Å²) in [7, 11) is 3.28. The number of rotatable bonds is 5. The molecule has 4 heteroatoms. The zero-order valence-corrected chi connectivity index (χ0v) is 11.5. The molecule has 2 rings (SSSR count). The Morgan fingerprint density at radius 1 is 0.650 bits per heavy atom. The maximum Gasteiger partial charge on any atom is 0.118 e. The van der Waals surface area contributed by atoms with Crippen molar-refractivity contribution in [3.8, 4) is 11.5 Å². The molecule has 20 heavy (non-hydrogen) atoms. The first-order chi connectivity index (χ1) is 9.81. The third-order valence-electron chi connectivity index (χ3n) is 2.71. The summed E-state index contributed by atoms with van der Waals surface area (Å²) in [6.07, 6.45) is 3.39. The fourth-order valence-corrected chi connectivity index (χ4v) is 1.58. The Labute approximate surface area is 118 Å². The van der Waals surface area contributed by atoms with E-state index < -0.39 is 0 Å². The van der Waals surface area contributed by atoms with Crippen LogP contribution in [0.25, 0.3) is 0 Å². The Kier molecular flexibility index (Phi) is 4.89. The molecule has 0 spiro atoms. The largest absolute Gasteiger partial charge is 0.497 e. The van der Waals surface area contributed by atoms with Gasteiger partial charge in [0.05, 0.1) is 26.6 Å². The summed E-state index contributed by atoms with van der Waals surface area (Å²) >= 11 is 0. The van der Waals surface area contributed by atoms with E-state index in [1.807, 2.05) is 48.5 Å². The Morgan fingerprint density at radius 2 is 1.00 bits per heavy atom. The number of benzene rings is 2. The quantitative estimate of drug-likeness (QED) is 0.617. The molecule has 102 valence electrons. The molecule has 0 fully saturated rings. The van der Waals surface area contributed by atoms with Crippen molar-refractivity contribution in [2.45, 2.75) is 0 Å². The first-order valence-electron chi connectivity index (χ1n) is 6.16. The van der Waals surface area contributed by atoms with Crippen LogP contribution < -0.4 is 9.47 Å². The minimum absolute atomic E-state index is 0.823. The molecule has 0 radical (unpaired) electrons. The number of ether oxygens (including phenoxy) is 2. The van der Waals surface area contributed by atoms with Crippen molar-refractivity contribution in [3.05, 3.63) is 59.7 Å². The standard InChI is InChI=1S/C16H16N2O2/c1-19-15-7-3-13(4-8-15)11-17-18-12-14-5-9-16(20-2)10-6-14/h3-12H,1-2H3/b17-11-,18-12+. The summed E-state index contributed by atoms with van der Waals surface area (Å²) in [5, 5.41) is 8.01. The molecule has 0 unspecified atom stereocenters. The molecule has 0 atom stereocenters. The summed E-state index contributed by atoms with van der Waals surface area (Å²) in [5.74, 6) is 1.65. The van der Waals surface area contributed by atoms with Crippen molar-refractivity contribution >= 4 is 12.4 Å². The van der Waals surface area contributed by atoms with Crippen LogP contribution in [0.15, 0.2) is 58.7 Å². The molecule has 0 aliphatic heterocycles. The van der Waals surface area contributed by atoms with Crippen molar-refractivity contribution in [1.29, 1.82) is 0 Å². The van der Waals surface area contributed by atoms with Crippen molar-refractivity contribution in [3.63, 3.8) is 0 Å². The Hall–Kier alpha value is -2.62. The van der Waals surface area contributed by atoms with E-state index in [1.54, 1.807) is 26.6 Å². The van der Waals surface area contributed by atoms with Gasteiger partial charge in [0.1, 0.15) is 11.5 Å². The fraction of sp³-hybridized carbons (Fsp3) is 0.125. The van der Waals surface area contributed by atoms with Crippen LogP contribution in [0.4, 0.5) is 0 Å². The van der Waals surface area contributed by atoms with Crippen LogP contribution in [0.2, 0.25) is 0 Å². The van der Waals surface area contributed by atoms with E-state index in [0.29, 0.717) is 0 Å². The minimum Gasteiger partial charge on any atom is -0.497 e. The smallest absolute Gasteiger partial charge is 0.118 e. The second-order valence-electron chi connectivity index (χ2n) is 4.04. The monoisotopic (exact) mass is 268 g/mol. The van der Waals surface area contributed by atoms with Gasteiger partial charge >= 0.3 is 0 Å². The molecule has 0 heterocycles. The highest BCUT2D eigenvalue weighted by Crippen LogP contribution is 2.10. The molecule has 0 saturated heterocycles. The highest BCUT2D eigenvalue weighted by Gasteiger charge is 1.91. The van der Waals surface area contributed by atoms with Crippen LogP contribution >= 0.6 is 0 Å². The third kappa shape index (κ3) is 3.95. The molecule has 2 aromatic rings. The molecule has 0 saturated carbocycles. The van der Waals surface area contributed by atoms with Crippen LogP contribution in [-0.2, 0) is 0 Å². The van der Waals surface area contributed by atoms with Crippen molar-refractivity contribution in [1.82, 2.24) is 0 Å². The van der Waals surface area contributed by atoms with Gasteiger partial charge < -0.3 is 9.47 Å². The normalized spacial score (nSPS) is 11.1. The third-order valence-corrected chi connectivity index (χ3v) is 2.71. The summed E-state index contributed by atoms with van der Waals surface area (Å²) < 4.78 is 10.2. The van der Waals surface area contributed by atoms with E-state index in [0.717, 1.165) is 22.6 Å². The average Bonchev–Trinajstić information content (AvgIpc) is 2.53. The lowest BCUT2D eigenvalue weighted by atomic mass is 10.2. The van der Waals surface area contributed by atoms with Gasteiger partial charge in [-0.3, -0.25) is 0 Å². The predicted octanol–water partition coefficient (Wildman–Crippen LogP) is 3.16. The summed E-state index contributed by atoms with van der Waals surface area (Å²) in [5.41, 5.74) is 1.94. The Morgan fingerprint density at radius 3 is 1.30 bits per heavy atom. The van der Waals surface area contributed by atoms with Crippen molar-refractivity contribution in [2.75, 3.05) is 14.2 Å². The zero-order valence-electron chi connectivity index (χ0n) is 11.5. The summed E-state index contributed by atoms with van der Waals surface area (Å²) in [6.45, 7) is 0. The van der Waals surface area contributed by atoms with Gasteiger partial charge in [-0.25, -0.2) is 0 Å². The van der Waals surface area contributed by atoms with Crippen LogP contribution in [0.1, 0.15) is 11.1 Å². The van der Waals surface area contributed by atoms with E-state index in [-0.39, 0.29) is 0 Å². The van der Waals surface area contributed by atoms with Gasteiger partial charge in [-0.2, -0.15) is 10.2 Å². The number of hydrogen-bond donors (Lipinski definition) is 0. The van der Waals surface area contributed by atoms with Gasteiger partial charge in [0.15, 0.2) is 0 Å². The molecule has 0 aliphatic rings. The fourth-order valence-electron chi connectivity index (χ4n) is 1.58. The molecule has 0 aromatic heterocycles. The molecule has 0 aliphatic carbocycles. The average molecular weight is 268 g/mol. The first kappa shape index (κ1) is 13.8. The molecule has 0 N–H and O–H groups in total. The second kappa shape index (κ2) is 7.09. The lowest BCUT2D eigenvalue weighted by Gasteiger charge is -1.98. The SMILES string of the molecule is COc1ccc(/C=N\N=C\c2ccc(OC)cc2)cc1. The van der Waals surface area contributed by atoms with E-state index in [2.05, 4.69) is 10.2 Å². The van der Waals surface area contributed by atoms with Crippen LogP contribution in [0, 0.1) is 0 Å². The van der Waals surface area contributed by atoms with E-state index in [9.17, 15) is 0 Å². The Balaban J connectivity index is 1.95. The van der Waals surface area contributed by atoms with Gasteiger partial charge in [-0.15, -0.1) is 0 Å². The van der Waals surface area contributed by atoms with Gasteiger partial charge in [-0.1, -0.05) is 0 Å². The van der Waals surface area contributed by atoms with Crippen LogP contribution in [0.3, 0.4) is 0 Å².